The summed E-state index contributed by atoms with van der Waals surface area (Å²) in [6.07, 6.45) is 7.95. The zero-order valence-corrected chi connectivity index (χ0v) is 15.7. The largest absolute Gasteiger partial charge is 0.461 e. The predicted octanol–water partition coefficient (Wildman–Crippen LogP) is 2.89. The molecule has 0 aromatic rings. The fourth-order valence-electron chi connectivity index (χ4n) is 3.06. The van der Waals surface area contributed by atoms with Crippen LogP contribution in [0, 0.1) is 5.41 Å². The van der Waals surface area contributed by atoms with Gasteiger partial charge < -0.3 is 14.4 Å². The molecule has 0 amide bonds. The summed E-state index contributed by atoms with van der Waals surface area (Å²) >= 11 is 0. The molecule has 23 heavy (non-hydrogen) atoms. The fraction of sp³-hybridized carbons (Fsp3) is 0.706. The van der Waals surface area contributed by atoms with Crippen molar-refractivity contribution in [2.24, 2.45) is 5.41 Å². The van der Waals surface area contributed by atoms with Gasteiger partial charge in [-0.1, -0.05) is 24.8 Å². The third-order valence-electron chi connectivity index (χ3n) is 3.92. The van der Waals surface area contributed by atoms with E-state index in [0.29, 0.717) is 12.5 Å². The van der Waals surface area contributed by atoms with E-state index >= 15 is 0 Å². The standard InChI is InChI=1S/C17H31NO4Si/c1-5-14-21-16(20)17(2,10-6-9-13-19)15-23(3,4)22-18-11-7-8-12-18/h5-6,9,19H,1,7-8,10-15H2,2-4H3. The van der Waals surface area contributed by atoms with Crippen molar-refractivity contribution in [1.29, 1.82) is 0 Å². The molecule has 132 valence electrons. The van der Waals surface area contributed by atoms with Crippen molar-refractivity contribution in [3.8, 4) is 0 Å². The molecule has 1 atom stereocenters. The summed E-state index contributed by atoms with van der Waals surface area (Å²) in [5.41, 5.74) is -0.649. The molecule has 0 aliphatic carbocycles. The van der Waals surface area contributed by atoms with E-state index in [4.69, 9.17) is 14.4 Å². The number of carbonyl (C=O) groups is 1. The molecular formula is C17H31NO4Si. The Morgan fingerprint density at radius 3 is 2.57 bits per heavy atom. The van der Waals surface area contributed by atoms with Crippen LogP contribution in [-0.4, -0.2) is 50.8 Å². The molecule has 0 bridgehead atoms. The molecule has 0 aromatic carbocycles. The van der Waals surface area contributed by atoms with Crippen LogP contribution < -0.4 is 0 Å². The minimum Gasteiger partial charge on any atom is -0.461 e. The number of aliphatic hydroxyl groups is 1. The van der Waals surface area contributed by atoms with Gasteiger partial charge in [-0.25, -0.2) is 5.06 Å². The van der Waals surface area contributed by atoms with E-state index in [1.807, 2.05) is 18.1 Å². The van der Waals surface area contributed by atoms with Crippen LogP contribution in [0.25, 0.3) is 0 Å². The molecule has 0 spiro atoms. The van der Waals surface area contributed by atoms with Crippen molar-refractivity contribution >= 4 is 14.3 Å². The first-order valence-electron chi connectivity index (χ1n) is 8.31. The van der Waals surface area contributed by atoms with Crippen LogP contribution >= 0.6 is 0 Å². The van der Waals surface area contributed by atoms with Gasteiger partial charge >= 0.3 is 5.97 Å². The van der Waals surface area contributed by atoms with Crippen LogP contribution in [0.4, 0.5) is 0 Å². The van der Waals surface area contributed by atoms with Crippen molar-refractivity contribution < 1.29 is 19.2 Å². The minimum absolute atomic E-state index is 0.0249. The summed E-state index contributed by atoms with van der Waals surface area (Å²) in [4.78, 5) is 12.5. The van der Waals surface area contributed by atoms with Crippen LogP contribution in [0.15, 0.2) is 24.8 Å². The molecule has 6 heteroatoms. The lowest BCUT2D eigenvalue weighted by Gasteiger charge is -2.35. The Kier molecular flexibility index (Phi) is 8.18. The lowest BCUT2D eigenvalue weighted by atomic mass is 9.89. The minimum atomic E-state index is -2.06. The van der Waals surface area contributed by atoms with Crippen molar-refractivity contribution in [3.05, 3.63) is 24.8 Å². The summed E-state index contributed by atoms with van der Waals surface area (Å²) in [5.74, 6) is -0.231. The highest BCUT2D eigenvalue weighted by Gasteiger charge is 2.42. The van der Waals surface area contributed by atoms with Crippen LogP contribution in [0.1, 0.15) is 26.2 Å². The Balaban J connectivity index is 2.77. The average Bonchev–Trinajstić information content (AvgIpc) is 2.96. The molecule has 0 radical (unpaired) electrons. The maximum absolute atomic E-state index is 12.5. The maximum Gasteiger partial charge on any atom is 0.312 e. The van der Waals surface area contributed by atoms with Crippen LogP contribution in [0.3, 0.4) is 0 Å². The Hall–Kier alpha value is -0.953. The Labute approximate surface area is 141 Å². The summed E-state index contributed by atoms with van der Waals surface area (Å²) in [5, 5.41) is 11.0. The highest BCUT2D eigenvalue weighted by molar-refractivity contribution is 6.71. The molecule has 1 N–H and O–H groups in total. The topological polar surface area (TPSA) is 59.0 Å². The molecule has 1 aliphatic heterocycles. The molecule has 1 saturated heterocycles. The van der Waals surface area contributed by atoms with Gasteiger partial charge in [-0.2, -0.15) is 0 Å². The van der Waals surface area contributed by atoms with Gasteiger partial charge in [-0.15, -0.1) is 0 Å². The Morgan fingerprint density at radius 2 is 2.00 bits per heavy atom. The van der Waals surface area contributed by atoms with Gasteiger partial charge in [-0.3, -0.25) is 4.79 Å². The quantitative estimate of drug-likeness (QED) is 0.376. The second kappa shape index (κ2) is 9.37. The first kappa shape index (κ1) is 20.1. The lowest BCUT2D eigenvalue weighted by Crippen LogP contribution is -2.45. The number of hydrogen-bond acceptors (Lipinski definition) is 5. The second-order valence-electron chi connectivity index (χ2n) is 6.97. The molecule has 5 nitrogen and oxygen atoms in total. The first-order valence-corrected chi connectivity index (χ1v) is 11.4. The van der Waals surface area contributed by atoms with Crippen molar-refractivity contribution in [3.63, 3.8) is 0 Å². The molecule has 1 unspecified atom stereocenters. The first-order chi connectivity index (χ1) is 10.8. The number of aliphatic hydroxyl groups excluding tert-OH is 1. The zero-order chi connectivity index (χ0) is 17.3. The normalized spacial score (nSPS) is 19.0. The Bertz CT molecular complexity index is 419. The molecule has 1 heterocycles. The monoisotopic (exact) mass is 341 g/mol. The van der Waals surface area contributed by atoms with Crippen molar-refractivity contribution in [1.82, 2.24) is 5.06 Å². The lowest BCUT2D eigenvalue weighted by molar-refractivity contribution is -0.152. The number of ether oxygens (including phenoxy) is 1. The number of esters is 1. The van der Waals surface area contributed by atoms with Crippen LogP contribution in [-0.2, 0) is 14.1 Å². The van der Waals surface area contributed by atoms with Gasteiger partial charge in [0.1, 0.15) is 6.61 Å². The van der Waals surface area contributed by atoms with E-state index in [1.54, 1.807) is 12.2 Å². The predicted molar refractivity (Wildman–Crippen MR) is 94.3 cm³/mol. The molecule has 1 aliphatic rings. The molecular weight excluding hydrogens is 310 g/mol. The molecule has 0 aromatic heterocycles. The number of carbonyl (C=O) groups excluding carboxylic acids is 1. The molecule has 0 saturated carbocycles. The average molecular weight is 342 g/mol. The van der Waals surface area contributed by atoms with E-state index < -0.39 is 13.7 Å². The third-order valence-corrected chi connectivity index (χ3v) is 6.31. The van der Waals surface area contributed by atoms with Gasteiger partial charge in [0.2, 0.25) is 8.32 Å². The van der Waals surface area contributed by atoms with Gasteiger partial charge in [0.25, 0.3) is 0 Å². The molecule has 1 fully saturated rings. The van der Waals surface area contributed by atoms with E-state index in [1.165, 1.54) is 12.8 Å². The van der Waals surface area contributed by atoms with Gasteiger partial charge in [0.05, 0.1) is 12.0 Å². The summed E-state index contributed by atoms with van der Waals surface area (Å²) in [6, 6.07) is 0.669. The van der Waals surface area contributed by atoms with Crippen LogP contribution in [0.5, 0.6) is 0 Å². The van der Waals surface area contributed by atoms with Crippen molar-refractivity contribution in [2.75, 3.05) is 26.3 Å². The van der Waals surface area contributed by atoms with Gasteiger partial charge in [0, 0.05) is 13.1 Å². The smallest absolute Gasteiger partial charge is 0.312 e. The Morgan fingerprint density at radius 1 is 1.35 bits per heavy atom. The van der Waals surface area contributed by atoms with E-state index in [-0.39, 0.29) is 19.2 Å². The number of hydrogen-bond donors (Lipinski definition) is 1. The van der Waals surface area contributed by atoms with E-state index in [0.717, 1.165) is 13.1 Å². The fourth-order valence-corrected chi connectivity index (χ4v) is 6.17. The highest BCUT2D eigenvalue weighted by Crippen LogP contribution is 2.35. The van der Waals surface area contributed by atoms with E-state index in [9.17, 15) is 4.79 Å². The van der Waals surface area contributed by atoms with Crippen LogP contribution in [0.2, 0.25) is 19.1 Å². The maximum atomic E-state index is 12.5. The summed E-state index contributed by atoms with van der Waals surface area (Å²) in [6.45, 7) is 11.9. The number of nitrogens with zero attached hydrogens (tertiary/aromatic N) is 1. The SMILES string of the molecule is C=CCOC(=O)C(C)(CC=CCO)C[Si](C)(C)ON1CCCC1. The van der Waals surface area contributed by atoms with Gasteiger partial charge in [0.15, 0.2) is 0 Å². The molecule has 1 rings (SSSR count). The second-order valence-corrected chi connectivity index (χ2v) is 11.0. The number of allylic oxidation sites excluding steroid dienone is 1. The van der Waals surface area contributed by atoms with Crippen molar-refractivity contribution in [2.45, 2.75) is 45.3 Å². The van der Waals surface area contributed by atoms with Gasteiger partial charge in [-0.05, 0) is 45.3 Å². The summed E-state index contributed by atoms with van der Waals surface area (Å²) < 4.78 is 11.5. The third kappa shape index (κ3) is 6.99. The number of rotatable bonds is 10. The number of hydroxylamine groups is 2. The van der Waals surface area contributed by atoms with E-state index in [2.05, 4.69) is 19.7 Å². The zero-order valence-electron chi connectivity index (χ0n) is 14.7. The highest BCUT2D eigenvalue weighted by atomic mass is 28.4. The summed E-state index contributed by atoms with van der Waals surface area (Å²) in [7, 11) is -2.06.